The van der Waals surface area contributed by atoms with Gasteiger partial charge in [-0.05, 0) is 94.5 Å². The monoisotopic (exact) mass is 448 g/mol. The van der Waals surface area contributed by atoms with Crippen LogP contribution >= 0.6 is 0 Å². The number of nitrogens with two attached hydrogens (primary N) is 2. The number of aromatic hydroxyl groups is 1. The highest BCUT2D eigenvalue weighted by atomic mass is 16.6. The first kappa shape index (κ1) is 24.0. The fourth-order valence-electron chi connectivity index (χ4n) is 4.56. The van der Waals surface area contributed by atoms with Gasteiger partial charge in [0, 0.05) is 0 Å². The van der Waals surface area contributed by atoms with Gasteiger partial charge in [-0.15, -0.1) is 0 Å². The molecule has 1 aromatic carbocycles. The van der Waals surface area contributed by atoms with Crippen molar-refractivity contribution >= 4 is 17.9 Å². The Balaban J connectivity index is 1.74. The highest BCUT2D eigenvalue weighted by Gasteiger charge is 2.46. The van der Waals surface area contributed by atoms with Crippen molar-refractivity contribution in [1.82, 2.24) is 0 Å². The summed E-state index contributed by atoms with van der Waals surface area (Å²) in [6.07, 6.45) is 4.35. The molecule has 0 saturated heterocycles. The molecule has 2 saturated carbocycles. The van der Waals surface area contributed by atoms with Crippen LogP contribution in [0, 0.1) is 17.8 Å². The van der Waals surface area contributed by atoms with Crippen molar-refractivity contribution in [1.29, 1.82) is 0 Å². The molecule has 2 aliphatic rings. The number of carboxylic acid groups (broad SMARTS) is 1. The number of aliphatic carboxylic acids is 1. The second-order valence-electron chi connectivity index (χ2n) is 8.92. The van der Waals surface area contributed by atoms with E-state index in [1.165, 1.54) is 12.1 Å². The molecule has 0 heterocycles. The van der Waals surface area contributed by atoms with E-state index in [0.29, 0.717) is 44.7 Å². The lowest BCUT2D eigenvalue weighted by molar-refractivity contribution is -0.163. The summed E-state index contributed by atoms with van der Waals surface area (Å²) in [4.78, 5) is 37.6. The lowest BCUT2D eigenvalue weighted by Crippen LogP contribution is -2.47. The fraction of sp³-hybridized carbons (Fsp3) is 0.609. The molecule has 0 aromatic heterocycles. The lowest BCUT2D eigenvalue weighted by Gasteiger charge is -2.36. The molecule has 0 aliphatic heterocycles. The summed E-state index contributed by atoms with van der Waals surface area (Å²) < 4.78 is 11.0. The number of carboxylic acids is 1. The van der Waals surface area contributed by atoms with Gasteiger partial charge in [0.1, 0.15) is 17.1 Å². The minimum absolute atomic E-state index is 0.0602. The van der Waals surface area contributed by atoms with Crippen LogP contribution in [0.15, 0.2) is 18.2 Å². The number of hydrogen-bond acceptors (Lipinski definition) is 8. The van der Waals surface area contributed by atoms with Gasteiger partial charge in [-0.2, -0.15) is 0 Å². The van der Waals surface area contributed by atoms with Gasteiger partial charge in [-0.1, -0.05) is 0 Å². The number of rotatable bonds is 7. The number of phenols is 1. The van der Waals surface area contributed by atoms with Crippen LogP contribution in [0.1, 0.15) is 61.7 Å². The molecule has 0 bridgehead atoms. The van der Waals surface area contributed by atoms with Crippen molar-refractivity contribution in [2.45, 2.75) is 57.0 Å². The van der Waals surface area contributed by atoms with Gasteiger partial charge in [0.05, 0.1) is 5.92 Å². The average molecular weight is 449 g/mol. The molecular weight excluding hydrogens is 416 g/mol. The zero-order valence-corrected chi connectivity index (χ0v) is 18.1. The zero-order chi connectivity index (χ0) is 23.3. The van der Waals surface area contributed by atoms with Crippen LogP contribution in [0.3, 0.4) is 0 Å². The van der Waals surface area contributed by atoms with E-state index >= 15 is 0 Å². The van der Waals surface area contributed by atoms with E-state index in [9.17, 15) is 24.6 Å². The zero-order valence-electron chi connectivity index (χ0n) is 18.1. The van der Waals surface area contributed by atoms with E-state index in [4.69, 9.17) is 20.9 Å². The molecule has 1 aromatic rings. The second kappa shape index (κ2) is 10.3. The topological polar surface area (TPSA) is 162 Å². The van der Waals surface area contributed by atoms with E-state index < -0.39 is 23.5 Å². The summed E-state index contributed by atoms with van der Waals surface area (Å²) >= 11 is 0. The predicted octanol–water partition coefficient (Wildman–Crippen LogP) is 2.19. The van der Waals surface area contributed by atoms with Crippen molar-refractivity contribution in [3.8, 4) is 11.5 Å². The smallest absolute Gasteiger partial charge is 0.348 e. The van der Waals surface area contributed by atoms with E-state index in [1.54, 1.807) is 0 Å². The molecule has 9 nitrogen and oxygen atoms in total. The largest absolute Gasteiger partial charge is 0.508 e. The van der Waals surface area contributed by atoms with Gasteiger partial charge in [0.2, 0.25) is 5.60 Å². The van der Waals surface area contributed by atoms with Gasteiger partial charge in [0.15, 0.2) is 0 Å². The number of benzene rings is 1. The van der Waals surface area contributed by atoms with Crippen LogP contribution in [0.5, 0.6) is 11.5 Å². The molecule has 0 spiro atoms. The maximum absolute atomic E-state index is 13.0. The van der Waals surface area contributed by atoms with Gasteiger partial charge in [0.25, 0.3) is 0 Å². The third-order valence-electron chi connectivity index (χ3n) is 6.83. The number of carbonyl (C=O) groups excluding carboxylic acids is 2. The summed E-state index contributed by atoms with van der Waals surface area (Å²) in [6, 6.07) is 3.73. The lowest BCUT2D eigenvalue weighted by atomic mass is 9.78. The molecule has 176 valence electrons. The maximum Gasteiger partial charge on any atom is 0.348 e. The Hall–Kier alpha value is -2.65. The summed E-state index contributed by atoms with van der Waals surface area (Å²) in [5, 5.41) is 19.7. The number of carbonyl (C=O) groups is 3. The van der Waals surface area contributed by atoms with Crippen molar-refractivity contribution in [3.05, 3.63) is 23.8 Å². The molecule has 6 N–H and O–H groups in total. The molecule has 32 heavy (non-hydrogen) atoms. The molecular formula is C23H32N2O7. The van der Waals surface area contributed by atoms with Crippen molar-refractivity contribution < 1.29 is 34.1 Å². The summed E-state index contributed by atoms with van der Waals surface area (Å²) in [5.41, 5.74) is 9.53. The quantitative estimate of drug-likeness (QED) is 0.362. The van der Waals surface area contributed by atoms with E-state index in [0.717, 1.165) is 18.9 Å². The second-order valence-corrected chi connectivity index (χ2v) is 8.92. The molecule has 0 atom stereocenters. The van der Waals surface area contributed by atoms with Crippen molar-refractivity contribution in [3.63, 3.8) is 0 Å². The van der Waals surface area contributed by atoms with E-state index in [2.05, 4.69) is 0 Å². The van der Waals surface area contributed by atoms with Gasteiger partial charge >= 0.3 is 17.9 Å². The van der Waals surface area contributed by atoms with Crippen molar-refractivity contribution in [2.24, 2.45) is 29.2 Å². The number of hydrogen-bond donors (Lipinski definition) is 4. The van der Waals surface area contributed by atoms with Gasteiger partial charge in [-0.3, -0.25) is 4.79 Å². The Bertz CT molecular complexity index is 841. The van der Waals surface area contributed by atoms with Gasteiger partial charge in [-0.25, -0.2) is 9.59 Å². The van der Waals surface area contributed by atoms with Crippen molar-refractivity contribution in [2.75, 3.05) is 13.1 Å². The van der Waals surface area contributed by atoms with Crippen LogP contribution < -0.4 is 16.2 Å². The molecule has 0 amide bonds. The Morgan fingerprint density at radius 1 is 0.969 bits per heavy atom. The molecule has 2 fully saturated rings. The average Bonchev–Trinajstić information content (AvgIpc) is 2.80. The van der Waals surface area contributed by atoms with Crippen LogP contribution in [0.2, 0.25) is 0 Å². The Labute approximate surface area is 187 Å². The first-order chi connectivity index (χ1) is 15.3. The molecule has 2 aliphatic carbocycles. The minimum atomic E-state index is -1.67. The molecule has 0 radical (unpaired) electrons. The highest BCUT2D eigenvalue weighted by molar-refractivity contribution is 5.96. The van der Waals surface area contributed by atoms with Crippen LogP contribution in [-0.2, 0) is 14.3 Å². The first-order valence-corrected chi connectivity index (χ1v) is 11.2. The van der Waals surface area contributed by atoms with Crippen LogP contribution in [-0.4, -0.2) is 46.8 Å². The first-order valence-electron chi connectivity index (χ1n) is 11.2. The molecule has 9 heteroatoms. The standard InChI is InChI=1S/C23H32N2O7/c24-12-14-1-3-16(4-2-14)20(27)31-19-6-5-17(26)11-18(19)21(28)32-23(22(29)30)9-7-15(13-25)8-10-23/h5-6,11,14-16,26H,1-4,7-10,12-13,24-25H2,(H,29,30). The van der Waals surface area contributed by atoms with E-state index in [-0.39, 0.29) is 41.7 Å². The predicted molar refractivity (Wildman–Crippen MR) is 115 cm³/mol. The number of ether oxygens (including phenoxy) is 2. The normalized spacial score (nSPS) is 28.0. The Morgan fingerprint density at radius 2 is 1.56 bits per heavy atom. The Morgan fingerprint density at radius 3 is 2.12 bits per heavy atom. The molecule has 0 unspecified atom stereocenters. The summed E-state index contributed by atoms with van der Waals surface area (Å²) in [5.74, 6) is -2.64. The number of phenolic OH excluding ortho intramolecular Hbond substituents is 1. The summed E-state index contributed by atoms with van der Waals surface area (Å²) in [7, 11) is 0. The third-order valence-corrected chi connectivity index (χ3v) is 6.83. The Kier molecular flexibility index (Phi) is 7.73. The third kappa shape index (κ3) is 5.39. The van der Waals surface area contributed by atoms with Crippen LogP contribution in [0.25, 0.3) is 0 Å². The highest BCUT2D eigenvalue weighted by Crippen LogP contribution is 2.37. The maximum atomic E-state index is 13.0. The number of esters is 2. The SMILES string of the molecule is NCC1CCC(C(=O)Oc2ccc(O)cc2C(=O)OC2(C(=O)O)CCC(CN)CC2)CC1. The van der Waals surface area contributed by atoms with Crippen LogP contribution in [0.4, 0.5) is 0 Å². The van der Waals surface area contributed by atoms with E-state index in [1.807, 2.05) is 0 Å². The molecule has 3 rings (SSSR count). The van der Waals surface area contributed by atoms with Gasteiger partial charge < -0.3 is 31.2 Å². The fourth-order valence-corrected chi connectivity index (χ4v) is 4.56. The summed E-state index contributed by atoms with van der Waals surface area (Å²) in [6.45, 7) is 1.04. The minimum Gasteiger partial charge on any atom is -0.508 e.